The molecule has 0 aliphatic heterocycles. The second-order valence-electron chi connectivity index (χ2n) is 4.86. The normalized spacial score (nSPS) is 12.3. The van der Waals surface area contributed by atoms with Crippen molar-refractivity contribution < 1.29 is 4.74 Å². The van der Waals surface area contributed by atoms with Crippen molar-refractivity contribution in [1.29, 1.82) is 0 Å². The molecule has 1 aromatic carbocycles. The molecule has 1 heterocycles. The van der Waals surface area contributed by atoms with Crippen LogP contribution in [0.3, 0.4) is 0 Å². The SMILES string of the molecule is CCNC(Cc1nc(C)cs1)Cc1ccccc1OC. The molecule has 0 bridgehead atoms. The number of nitrogens with one attached hydrogen (secondary N) is 1. The second kappa shape index (κ2) is 7.41. The van der Waals surface area contributed by atoms with Crippen molar-refractivity contribution in [2.24, 2.45) is 0 Å². The monoisotopic (exact) mass is 290 g/mol. The quantitative estimate of drug-likeness (QED) is 0.850. The molecule has 3 nitrogen and oxygen atoms in total. The minimum atomic E-state index is 0.391. The maximum absolute atomic E-state index is 5.44. The Bertz CT molecular complexity index is 539. The molecular formula is C16H22N2OS. The third kappa shape index (κ3) is 4.05. The van der Waals surface area contributed by atoms with E-state index in [1.165, 1.54) is 10.6 Å². The van der Waals surface area contributed by atoms with E-state index in [0.717, 1.165) is 30.8 Å². The van der Waals surface area contributed by atoms with Crippen LogP contribution in [0.1, 0.15) is 23.2 Å². The van der Waals surface area contributed by atoms with Crippen molar-refractivity contribution in [2.45, 2.75) is 32.7 Å². The lowest BCUT2D eigenvalue weighted by Gasteiger charge is -2.18. The van der Waals surface area contributed by atoms with Crippen LogP contribution in [0, 0.1) is 6.92 Å². The fourth-order valence-corrected chi connectivity index (χ4v) is 3.20. The van der Waals surface area contributed by atoms with Crippen LogP contribution in [-0.2, 0) is 12.8 Å². The zero-order valence-corrected chi connectivity index (χ0v) is 13.2. The van der Waals surface area contributed by atoms with Gasteiger partial charge in [-0.3, -0.25) is 0 Å². The summed E-state index contributed by atoms with van der Waals surface area (Å²) < 4.78 is 5.44. The molecule has 0 radical (unpaired) electrons. The van der Waals surface area contributed by atoms with Gasteiger partial charge in [-0.05, 0) is 31.5 Å². The lowest BCUT2D eigenvalue weighted by Crippen LogP contribution is -2.33. The molecule has 0 saturated carbocycles. The summed E-state index contributed by atoms with van der Waals surface area (Å²) in [4.78, 5) is 4.56. The van der Waals surface area contributed by atoms with Gasteiger partial charge in [0.1, 0.15) is 5.75 Å². The first-order valence-electron chi connectivity index (χ1n) is 6.99. The Morgan fingerprint density at radius 1 is 1.30 bits per heavy atom. The molecule has 0 amide bonds. The number of ether oxygens (including phenoxy) is 1. The highest BCUT2D eigenvalue weighted by Crippen LogP contribution is 2.21. The average Bonchev–Trinajstić information content (AvgIpc) is 2.85. The Morgan fingerprint density at radius 3 is 2.75 bits per heavy atom. The predicted octanol–water partition coefficient (Wildman–Crippen LogP) is 3.22. The van der Waals surface area contributed by atoms with Crippen molar-refractivity contribution in [1.82, 2.24) is 10.3 Å². The zero-order chi connectivity index (χ0) is 14.4. The molecule has 0 fully saturated rings. The van der Waals surface area contributed by atoms with Crippen molar-refractivity contribution in [3.8, 4) is 5.75 Å². The van der Waals surface area contributed by atoms with Crippen LogP contribution in [0.5, 0.6) is 5.75 Å². The standard InChI is InChI=1S/C16H22N2OS/c1-4-17-14(10-16-18-12(2)11-20-16)9-13-7-5-6-8-15(13)19-3/h5-8,11,14,17H,4,9-10H2,1-3H3. The van der Waals surface area contributed by atoms with Crippen molar-refractivity contribution in [3.05, 3.63) is 45.9 Å². The molecule has 1 aromatic heterocycles. The Kier molecular flexibility index (Phi) is 5.56. The van der Waals surface area contributed by atoms with E-state index < -0.39 is 0 Å². The first kappa shape index (κ1) is 15.0. The highest BCUT2D eigenvalue weighted by molar-refractivity contribution is 7.09. The Balaban J connectivity index is 2.08. The molecule has 0 saturated heterocycles. The summed E-state index contributed by atoms with van der Waals surface area (Å²) in [5, 5.41) is 6.86. The molecule has 2 rings (SSSR count). The summed E-state index contributed by atoms with van der Waals surface area (Å²) in [6.45, 7) is 5.15. The fraction of sp³-hybridized carbons (Fsp3) is 0.438. The number of nitrogens with zero attached hydrogens (tertiary/aromatic N) is 1. The number of hydrogen-bond acceptors (Lipinski definition) is 4. The summed E-state index contributed by atoms with van der Waals surface area (Å²) in [5.74, 6) is 0.964. The first-order valence-corrected chi connectivity index (χ1v) is 7.87. The van der Waals surface area contributed by atoms with Crippen LogP contribution in [-0.4, -0.2) is 24.7 Å². The summed E-state index contributed by atoms with van der Waals surface area (Å²) in [6.07, 6.45) is 1.92. The van der Waals surface area contributed by atoms with E-state index in [2.05, 4.69) is 34.7 Å². The largest absolute Gasteiger partial charge is 0.496 e. The summed E-state index contributed by atoms with van der Waals surface area (Å²) in [5.41, 5.74) is 2.35. The fourth-order valence-electron chi connectivity index (χ4n) is 2.35. The smallest absolute Gasteiger partial charge is 0.122 e. The third-order valence-electron chi connectivity index (χ3n) is 3.24. The topological polar surface area (TPSA) is 34.2 Å². The Labute approximate surface area is 125 Å². The molecule has 0 aliphatic rings. The number of benzene rings is 1. The van der Waals surface area contributed by atoms with E-state index in [1.807, 2.05) is 19.1 Å². The maximum atomic E-state index is 5.44. The van der Waals surface area contributed by atoms with Gasteiger partial charge in [0.15, 0.2) is 0 Å². The second-order valence-corrected chi connectivity index (χ2v) is 5.80. The summed E-state index contributed by atoms with van der Waals surface area (Å²) >= 11 is 1.74. The molecular weight excluding hydrogens is 268 g/mol. The van der Waals surface area contributed by atoms with Gasteiger partial charge in [-0.15, -0.1) is 11.3 Å². The zero-order valence-electron chi connectivity index (χ0n) is 12.3. The van der Waals surface area contributed by atoms with Crippen molar-refractivity contribution >= 4 is 11.3 Å². The van der Waals surface area contributed by atoms with Gasteiger partial charge >= 0.3 is 0 Å². The minimum absolute atomic E-state index is 0.391. The molecule has 4 heteroatoms. The van der Waals surface area contributed by atoms with Crippen LogP contribution < -0.4 is 10.1 Å². The first-order chi connectivity index (χ1) is 9.72. The Hall–Kier alpha value is -1.39. The van der Waals surface area contributed by atoms with E-state index in [4.69, 9.17) is 4.74 Å². The van der Waals surface area contributed by atoms with E-state index >= 15 is 0 Å². The third-order valence-corrected chi connectivity index (χ3v) is 4.23. The van der Waals surface area contributed by atoms with E-state index in [9.17, 15) is 0 Å². The highest BCUT2D eigenvalue weighted by Gasteiger charge is 2.14. The van der Waals surface area contributed by atoms with Gasteiger partial charge in [-0.25, -0.2) is 4.98 Å². The number of rotatable bonds is 7. The van der Waals surface area contributed by atoms with E-state index in [0.29, 0.717) is 6.04 Å². The van der Waals surface area contributed by atoms with Gasteiger partial charge in [-0.1, -0.05) is 25.1 Å². The van der Waals surface area contributed by atoms with Crippen LogP contribution in [0.4, 0.5) is 0 Å². The van der Waals surface area contributed by atoms with Gasteiger partial charge < -0.3 is 10.1 Å². The average molecular weight is 290 g/mol. The Morgan fingerprint density at radius 2 is 2.10 bits per heavy atom. The van der Waals surface area contributed by atoms with Crippen molar-refractivity contribution in [3.63, 3.8) is 0 Å². The van der Waals surface area contributed by atoms with Crippen LogP contribution in [0.25, 0.3) is 0 Å². The molecule has 2 aromatic rings. The molecule has 1 unspecified atom stereocenters. The van der Waals surface area contributed by atoms with E-state index in [1.54, 1.807) is 18.4 Å². The number of thiazole rings is 1. The number of aromatic nitrogens is 1. The van der Waals surface area contributed by atoms with Gasteiger partial charge in [0.05, 0.1) is 12.1 Å². The molecule has 20 heavy (non-hydrogen) atoms. The summed E-state index contributed by atoms with van der Waals surface area (Å²) in [7, 11) is 1.73. The molecule has 0 spiro atoms. The number of para-hydroxylation sites is 1. The number of likely N-dealkylation sites (N-methyl/N-ethyl adjacent to an activating group) is 1. The summed E-state index contributed by atoms with van der Waals surface area (Å²) in [6, 6.07) is 8.62. The molecule has 1 N–H and O–H groups in total. The molecule has 0 aliphatic carbocycles. The van der Waals surface area contributed by atoms with Gasteiger partial charge in [0.25, 0.3) is 0 Å². The van der Waals surface area contributed by atoms with Gasteiger partial charge in [0, 0.05) is 23.5 Å². The van der Waals surface area contributed by atoms with Gasteiger partial charge in [-0.2, -0.15) is 0 Å². The van der Waals surface area contributed by atoms with E-state index in [-0.39, 0.29) is 0 Å². The van der Waals surface area contributed by atoms with Gasteiger partial charge in [0.2, 0.25) is 0 Å². The van der Waals surface area contributed by atoms with Crippen LogP contribution >= 0.6 is 11.3 Å². The molecule has 1 atom stereocenters. The maximum Gasteiger partial charge on any atom is 0.122 e. The van der Waals surface area contributed by atoms with Crippen LogP contribution in [0.2, 0.25) is 0 Å². The number of hydrogen-bond donors (Lipinski definition) is 1. The highest BCUT2D eigenvalue weighted by atomic mass is 32.1. The lowest BCUT2D eigenvalue weighted by atomic mass is 10.0. The van der Waals surface area contributed by atoms with Crippen molar-refractivity contribution in [2.75, 3.05) is 13.7 Å². The number of aryl methyl sites for hydroxylation is 1. The minimum Gasteiger partial charge on any atom is -0.496 e. The lowest BCUT2D eigenvalue weighted by molar-refractivity contribution is 0.404. The molecule has 108 valence electrons. The predicted molar refractivity (Wildman–Crippen MR) is 84.7 cm³/mol. The van der Waals surface area contributed by atoms with Crippen LogP contribution in [0.15, 0.2) is 29.6 Å². The number of methoxy groups -OCH3 is 1.